The van der Waals surface area contributed by atoms with Crippen molar-refractivity contribution in [2.24, 2.45) is 0 Å². The summed E-state index contributed by atoms with van der Waals surface area (Å²) < 4.78 is 5.26. The molecule has 0 atom stereocenters. The van der Waals surface area contributed by atoms with Gasteiger partial charge in [0.1, 0.15) is 0 Å². The first-order valence-electron chi connectivity index (χ1n) is 5.64. The molecule has 0 unspecified atom stereocenters. The molecule has 0 aliphatic carbocycles. The van der Waals surface area contributed by atoms with Gasteiger partial charge in [-0.1, -0.05) is 12.2 Å². The van der Waals surface area contributed by atoms with Gasteiger partial charge in [-0.05, 0) is 31.2 Å². The Bertz CT molecular complexity index is 458. The van der Waals surface area contributed by atoms with Gasteiger partial charge in [0.25, 0.3) is 5.91 Å². The van der Waals surface area contributed by atoms with Crippen LogP contribution in [0.2, 0.25) is 0 Å². The Morgan fingerprint density at radius 3 is 2.67 bits per heavy atom. The van der Waals surface area contributed by atoms with Crippen molar-refractivity contribution < 1.29 is 9.53 Å². The third kappa shape index (κ3) is 4.81. The quantitative estimate of drug-likeness (QED) is 0.614. The maximum atomic E-state index is 11.7. The number of nitrogens with one attached hydrogen (secondary N) is 1. The highest BCUT2D eigenvalue weighted by Gasteiger charge is 2.04. The van der Waals surface area contributed by atoms with Gasteiger partial charge in [-0.3, -0.25) is 4.79 Å². The monoisotopic (exact) mass is 244 g/mol. The third-order valence-corrected chi connectivity index (χ3v) is 2.16. The van der Waals surface area contributed by atoms with Crippen molar-refractivity contribution in [2.75, 3.05) is 19.8 Å². The van der Waals surface area contributed by atoms with Crippen molar-refractivity contribution in [3.05, 3.63) is 47.5 Å². The van der Waals surface area contributed by atoms with Gasteiger partial charge in [0.2, 0.25) is 0 Å². The van der Waals surface area contributed by atoms with E-state index < -0.39 is 0 Å². The van der Waals surface area contributed by atoms with Gasteiger partial charge in [-0.15, -0.1) is 0 Å². The Balaban J connectivity index is 2.32. The van der Waals surface area contributed by atoms with Crippen molar-refractivity contribution in [1.29, 1.82) is 5.26 Å². The second-order valence-electron chi connectivity index (χ2n) is 3.95. The van der Waals surface area contributed by atoms with Crippen LogP contribution < -0.4 is 5.32 Å². The molecule has 1 aromatic rings. The lowest BCUT2D eigenvalue weighted by molar-refractivity contribution is 0.0927. The van der Waals surface area contributed by atoms with Gasteiger partial charge in [0.15, 0.2) is 0 Å². The van der Waals surface area contributed by atoms with Crippen LogP contribution in [0.5, 0.6) is 0 Å². The molecule has 0 aromatic heterocycles. The standard InChI is InChI=1S/C14H16N2O2/c1-11(2)10-18-8-7-16-14(17)13-5-3-12(9-15)4-6-13/h3-6H,1,7-8,10H2,2H3,(H,16,17). The minimum absolute atomic E-state index is 0.168. The number of carbonyl (C=O) groups is 1. The van der Waals surface area contributed by atoms with Gasteiger partial charge >= 0.3 is 0 Å². The number of nitrogens with zero attached hydrogens (tertiary/aromatic N) is 1. The van der Waals surface area contributed by atoms with Crippen molar-refractivity contribution in [3.8, 4) is 6.07 Å². The molecule has 18 heavy (non-hydrogen) atoms. The number of hydrogen-bond donors (Lipinski definition) is 1. The lowest BCUT2D eigenvalue weighted by atomic mass is 10.1. The summed E-state index contributed by atoms with van der Waals surface area (Å²) in [5, 5.41) is 11.4. The summed E-state index contributed by atoms with van der Waals surface area (Å²) in [6.07, 6.45) is 0. The van der Waals surface area contributed by atoms with Crippen LogP contribution >= 0.6 is 0 Å². The van der Waals surface area contributed by atoms with Crippen LogP contribution in [0, 0.1) is 11.3 Å². The minimum atomic E-state index is -0.168. The van der Waals surface area contributed by atoms with E-state index in [9.17, 15) is 4.79 Å². The van der Waals surface area contributed by atoms with E-state index in [2.05, 4.69) is 11.9 Å². The van der Waals surface area contributed by atoms with Gasteiger partial charge in [0.05, 0.1) is 24.8 Å². The number of nitriles is 1. The Hall–Kier alpha value is -2.12. The molecule has 1 rings (SSSR count). The van der Waals surface area contributed by atoms with E-state index in [0.29, 0.717) is 30.9 Å². The summed E-state index contributed by atoms with van der Waals surface area (Å²) in [6, 6.07) is 8.49. The first kappa shape index (κ1) is 13.9. The lowest BCUT2D eigenvalue weighted by Gasteiger charge is -2.06. The second kappa shape index (κ2) is 7.25. The number of benzene rings is 1. The van der Waals surface area contributed by atoms with Crippen molar-refractivity contribution in [3.63, 3.8) is 0 Å². The molecule has 4 nitrogen and oxygen atoms in total. The maximum absolute atomic E-state index is 11.7. The average molecular weight is 244 g/mol. The number of hydrogen-bond acceptors (Lipinski definition) is 3. The molecule has 0 spiro atoms. The van der Waals surface area contributed by atoms with Crippen LogP contribution in [0.15, 0.2) is 36.4 Å². The van der Waals surface area contributed by atoms with E-state index in [-0.39, 0.29) is 5.91 Å². The second-order valence-corrected chi connectivity index (χ2v) is 3.95. The summed E-state index contributed by atoms with van der Waals surface area (Å²) in [4.78, 5) is 11.7. The zero-order valence-electron chi connectivity index (χ0n) is 10.4. The zero-order valence-corrected chi connectivity index (χ0v) is 10.4. The normalized spacial score (nSPS) is 9.56. The number of amides is 1. The first-order valence-corrected chi connectivity index (χ1v) is 5.64. The number of ether oxygens (including phenoxy) is 1. The molecule has 0 saturated heterocycles. The van der Waals surface area contributed by atoms with Crippen molar-refractivity contribution >= 4 is 5.91 Å². The molecule has 0 saturated carbocycles. The maximum Gasteiger partial charge on any atom is 0.251 e. The fourth-order valence-corrected chi connectivity index (χ4v) is 1.28. The molecule has 0 aliphatic rings. The van der Waals surface area contributed by atoms with Crippen LogP contribution in [0.3, 0.4) is 0 Å². The zero-order chi connectivity index (χ0) is 13.4. The summed E-state index contributed by atoms with van der Waals surface area (Å²) in [5.74, 6) is -0.168. The van der Waals surface area contributed by atoms with Gasteiger partial charge in [0, 0.05) is 12.1 Å². The Labute approximate surface area is 107 Å². The molecule has 0 aliphatic heterocycles. The number of carbonyl (C=O) groups excluding carboxylic acids is 1. The molecule has 1 N–H and O–H groups in total. The highest BCUT2D eigenvalue weighted by atomic mass is 16.5. The van der Waals surface area contributed by atoms with Gasteiger partial charge in [-0.2, -0.15) is 5.26 Å². The molecule has 94 valence electrons. The summed E-state index contributed by atoms with van der Waals surface area (Å²) >= 11 is 0. The Morgan fingerprint density at radius 2 is 2.11 bits per heavy atom. The van der Waals surface area contributed by atoms with E-state index in [0.717, 1.165) is 5.57 Å². The summed E-state index contributed by atoms with van der Waals surface area (Å²) in [5.41, 5.74) is 2.03. The van der Waals surface area contributed by atoms with Crippen LogP contribution in [-0.2, 0) is 4.74 Å². The highest BCUT2D eigenvalue weighted by Crippen LogP contribution is 2.02. The number of rotatable bonds is 6. The lowest BCUT2D eigenvalue weighted by Crippen LogP contribution is -2.27. The third-order valence-electron chi connectivity index (χ3n) is 2.16. The molecule has 0 heterocycles. The largest absolute Gasteiger partial charge is 0.375 e. The Kier molecular flexibility index (Phi) is 5.62. The van der Waals surface area contributed by atoms with E-state index in [1.165, 1.54) is 0 Å². The predicted molar refractivity (Wildman–Crippen MR) is 69.1 cm³/mol. The smallest absolute Gasteiger partial charge is 0.251 e. The van der Waals surface area contributed by atoms with E-state index in [4.69, 9.17) is 10.00 Å². The van der Waals surface area contributed by atoms with E-state index in [1.807, 2.05) is 13.0 Å². The average Bonchev–Trinajstić information content (AvgIpc) is 2.38. The fourth-order valence-electron chi connectivity index (χ4n) is 1.28. The highest BCUT2D eigenvalue weighted by molar-refractivity contribution is 5.94. The molecular formula is C14H16N2O2. The fraction of sp³-hybridized carbons (Fsp3) is 0.286. The molecule has 0 fully saturated rings. The molecule has 0 radical (unpaired) electrons. The molecule has 1 aromatic carbocycles. The van der Waals surface area contributed by atoms with E-state index in [1.54, 1.807) is 24.3 Å². The van der Waals surface area contributed by atoms with Crippen LogP contribution in [-0.4, -0.2) is 25.7 Å². The van der Waals surface area contributed by atoms with Crippen molar-refractivity contribution in [2.45, 2.75) is 6.92 Å². The van der Waals surface area contributed by atoms with Crippen LogP contribution in [0.4, 0.5) is 0 Å². The summed E-state index contributed by atoms with van der Waals surface area (Å²) in [6.45, 7) is 7.01. The Morgan fingerprint density at radius 1 is 1.44 bits per heavy atom. The molecule has 1 amide bonds. The van der Waals surface area contributed by atoms with Gasteiger partial charge < -0.3 is 10.1 Å². The minimum Gasteiger partial charge on any atom is -0.375 e. The predicted octanol–water partition coefficient (Wildman–Crippen LogP) is 1.88. The first-order chi connectivity index (χ1) is 8.63. The molecular weight excluding hydrogens is 228 g/mol. The van der Waals surface area contributed by atoms with Crippen LogP contribution in [0.1, 0.15) is 22.8 Å². The van der Waals surface area contributed by atoms with Gasteiger partial charge in [-0.25, -0.2) is 0 Å². The molecule has 0 bridgehead atoms. The van der Waals surface area contributed by atoms with Crippen molar-refractivity contribution in [1.82, 2.24) is 5.32 Å². The van der Waals surface area contributed by atoms with Crippen LogP contribution in [0.25, 0.3) is 0 Å². The van der Waals surface area contributed by atoms with E-state index >= 15 is 0 Å². The topological polar surface area (TPSA) is 62.1 Å². The molecule has 4 heteroatoms. The summed E-state index contributed by atoms with van der Waals surface area (Å²) in [7, 11) is 0. The SMILES string of the molecule is C=C(C)COCCNC(=O)c1ccc(C#N)cc1.